The molecule has 3 aromatic carbocycles. The zero-order chi connectivity index (χ0) is 47.4. The molecule has 4 bridgehead atoms. The molecule has 0 spiro atoms. The third-order valence-electron chi connectivity index (χ3n) is 11.5. The molecule has 4 atom stereocenters. The number of hydrogen-bond acceptors (Lipinski definition) is 14. The van der Waals surface area contributed by atoms with Crippen molar-refractivity contribution in [1.82, 2.24) is 25.4 Å². The number of hydrogen-bond donors (Lipinski definition) is 4. The summed E-state index contributed by atoms with van der Waals surface area (Å²) >= 11 is 0. The van der Waals surface area contributed by atoms with Crippen molar-refractivity contribution >= 4 is 29.2 Å². The number of ether oxygens (including phenoxy) is 2. The van der Waals surface area contributed by atoms with E-state index in [2.05, 4.69) is 41.3 Å². The van der Waals surface area contributed by atoms with Crippen LogP contribution in [0.15, 0.2) is 60.7 Å². The molecule has 1 aliphatic heterocycles. The maximum absolute atomic E-state index is 14.7. The van der Waals surface area contributed by atoms with E-state index in [-0.39, 0.29) is 88.3 Å². The summed E-state index contributed by atoms with van der Waals surface area (Å²) in [4.78, 5) is 76.5. The zero-order valence-electron chi connectivity index (χ0n) is 38.2. The molecule has 4 aromatic rings. The molecule has 7 N–H and O–H groups in total. The number of nitrogens with one attached hydrogen (secondary N) is 1. The summed E-state index contributed by atoms with van der Waals surface area (Å²) in [5, 5.41) is 20.6. The fourth-order valence-corrected chi connectivity index (χ4v) is 7.86. The maximum Gasteiger partial charge on any atom is 0.226 e. The predicted octanol–water partition coefficient (Wildman–Crippen LogP) is 4.73. The highest BCUT2D eigenvalue weighted by Crippen LogP contribution is 2.41. The van der Waals surface area contributed by atoms with Gasteiger partial charge < -0.3 is 36.9 Å². The van der Waals surface area contributed by atoms with Crippen molar-refractivity contribution < 1.29 is 33.4 Å². The van der Waals surface area contributed by atoms with Gasteiger partial charge in [0, 0.05) is 74.3 Å². The molecule has 5 rings (SSSR count). The number of carbonyl (C=O) groups excluding carboxylic acids is 5. The minimum Gasteiger partial charge on any atom is -0.492 e. The van der Waals surface area contributed by atoms with Crippen LogP contribution in [-0.4, -0.2) is 95.2 Å². The molecule has 65 heavy (non-hydrogen) atoms. The number of benzene rings is 3. The van der Waals surface area contributed by atoms with Gasteiger partial charge in [0.15, 0.2) is 23.2 Å². The lowest BCUT2D eigenvalue weighted by molar-refractivity contribution is -0.142. The number of aromatic nitrogens is 3. The lowest BCUT2D eigenvalue weighted by Crippen LogP contribution is -2.46. The number of aryl methyl sites for hydroxylation is 1. The van der Waals surface area contributed by atoms with Crippen LogP contribution in [0, 0.1) is 30.1 Å². The minimum absolute atomic E-state index is 0.0171. The SMILES string of the molecule is Cc1nc(-c2ccc(C(C)(C)C)cc2)nnc1C(=O)C[C@@H](CCN)C(=O)N(C)[C@@H]1C(=O)C[C@@H](C)C(=O)N[C@H](C(=O)CCC#N)Cc2ccc(OCCN)c(c2)-c2cc1ccc2OCCN. The molecule has 344 valence electrons. The van der Waals surface area contributed by atoms with E-state index >= 15 is 0 Å². The first-order valence-corrected chi connectivity index (χ1v) is 22.0. The summed E-state index contributed by atoms with van der Waals surface area (Å²) in [6.45, 7) is 10.4. The Morgan fingerprint density at radius 3 is 2.15 bits per heavy atom. The largest absolute Gasteiger partial charge is 0.492 e. The Bertz CT molecular complexity index is 2410. The van der Waals surface area contributed by atoms with Crippen LogP contribution < -0.4 is 32.0 Å². The molecule has 0 radical (unpaired) electrons. The smallest absolute Gasteiger partial charge is 0.226 e. The average molecular weight is 888 g/mol. The fraction of sp³-hybridized carbons (Fsp3) is 0.449. The maximum atomic E-state index is 14.7. The van der Waals surface area contributed by atoms with Gasteiger partial charge in [-0.3, -0.25) is 24.0 Å². The highest BCUT2D eigenvalue weighted by atomic mass is 16.5. The second-order valence-corrected chi connectivity index (χ2v) is 17.5. The third-order valence-corrected chi connectivity index (χ3v) is 11.5. The van der Waals surface area contributed by atoms with E-state index in [9.17, 15) is 29.2 Å². The van der Waals surface area contributed by atoms with Crippen molar-refractivity contribution in [2.45, 2.75) is 90.6 Å². The van der Waals surface area contributed by atoms with Crippen molar-refractivity contribution in [3.63, 3.8) is 0 Å². The van der Waals surface area contributed by atoms with Gasteiger partial charge in [0.25, 0.3) is 0 Å². The van der Waals surface area contributed by atoms with Crippen molar-refractivity contribution in [2.24, 2.45) is 29.0 Å². The zero-order valence-corrected chi connectivity index (χ0v) is 38.2. The first kappa shape index (κ1) is 49.6. The van der Waals surface area contributed by atoms with E-state index in [0.717, 1.165) is 11.1 Å². The summed E-state index contributed by atoms with van der Waals surface area (Å²) in [6, 6.07) is 18.0. The number of amides is 2. The van der Waals surface area contributed by atoms with Crippen molar-refractivity contribution in [1.29, 1.82) is 5.26 Å². The first-order chi connectivity index (χ1) is 31.0. The molecule has 2 amide bonds. The molecule has 0 fully saturated rings. The van der Waals surface area contributed by atoms with Crippen LogP contribution in [0.4, 0.5) is 0 Å². The number of fused-ring (bicyclic) bond motifs is 5. The van der Waals surface area contributed by atoms with Gasteiger partial charge in [-0.1, -0.05) is 64.1 Å². The molecule has 0 aliphatic carbocycles. The molecule has 0 saturated carbocycles. The molecular weight excluding hydrogens is 827 g/mol. The lowest BCUT2D eigenvalue weighted by atomic mass is 9.87. The molecule has 1 aromatic heterocycles. The molecule has 16 heteroatoms. The van der Waals surface area contributed by atoms with E-state index in [1.54, 1.807) is 44.2 Å². The van der Waals surface area contributed by atoms with E-state index in [1.807, 2.05) is 36.4 Å². The standard InChI is InChI=1S/C49H61N9O7/c1-29-24-41(61)45(58(6)48(63)34(17-19-51)28-40(60)44-30(2)54-46(57-56-44)32-10-13-35(14-11-32)49(3,4)5)33-12-16-43(65-23-21-53)37(27-33)36-25-31(9-15-42(36)64-22-20-52)26-38(55-47(29)62)39(59)8-7-18-50/h9-16,25,27,29,34,38,45H,7-8,17,19-24,26,28,51-53H2,1-6H3,(H,55,62)/t29-,34-,38+,45+/m1/s1. The van der Waals surface area contributed by atoms with Crippen LogP contribution in [0.2, 0.25) is 0 Å². The Kier molecular flexibility index (Phi) is 17.1. The Labute approximate surface area is 380 Å². The van der Waals surface area contributed by atoms with Crippen molar-refractivity contribution in [3.8, 4) is 40.1 Å². The number of Topliss-reactive ketones (excluding diaryl/α,β-unsaturated/α-hetero) is 3. The van der Waals surface area contributed by atoms with Gasteiger partial charge in [-0.05, 0) is 72.7 Å². The summed E-state index contributed by atoms with van der Waals surface area (Å²) in [6.07, 6.45) is -0.510. The van der Waals surface area contributed by atoms with Gasteiger partial charge in [-0.15, -0.1) is 10.2 Å². The quantitative estimate of drug-likeness (QED) is 0.105. The molecule has 0 saturated heterocycles. The van der Waals surface area contributed by atoms with E-state index in [0.29, 0.717) is 45.3 Å². The first-order valence-electron chi connectivity index (χ1n) is 22.0. The molecule has 16 nitrogen and oxygen atoms in total. The van der Waals surface area contributed by atoms with Crippen molar-refractivity contribution in [2.75, 3.05) is 39.9 Å². The highest BCUT2D eigenvalue weighted by Gasteiger charge is 2.36. The summed E-state index contributed by atoms with van der Waals surface area (Å²) in [5.74, 6) is -3.05. The summed E-state index contributed by atoms with van der Waals surface area (Å²) in [5.41, 5.74) is 22.1. The number of nitrogens with zero attached hydrogens (tertiary/aromatic N) is 5. The van der Waals surface area contributed by atoms with Crippen molar-refractivity contribution in [3.05, 3.63) is 88.7 Å². The third kappa shape index (κ3) is 12.4. The van der Waals surface area contributed by atoms with E-state index in [4.69, 9.17) is 26.7 Å². The second kappa shape index (κ2) is 22.5. The number of likely N-dealkylation sites (N-methyl/N-ethyl adjacent to an activating group) is 1. The topological polar surface area (TPSA) is 260 Å². The molecule has 2 heterocycles. The van der Waals surface area contributed by atoms with Gasteiger partial charge in [0.1, 0.15) is 36.4 Å². The number of ketones is 3. The van der Waals surface area contributed by atoms with Gasteiger partial charge in [-0.25, -0.2) is 4.98 Å². The Morgan fingerprint density at radius 1 is 0.908 bits per heavy atom. The van der Waals surface area contributed by atoms with Crippen LogP contribution in [0.3, 0.4) is 0 Å². The molecular formula is C49H61N9O7. The van der Waals surface area contributed by atoms with Gasteiger partial charge >= 0.3 is 0 Å². The van der Waals surface area contributed by atoms with Gasteiger partial charge in [0.2, 0.25) is 11.8 Å². The Hall–Kier alpha value is -6.41. The van der Waals surface area contributed by atoms with Crippen LogP contribution in [0.25, 0.3) is 22.5 Å². The second-order valence-electron chi connectivity index (χ2n) is 17.5. The Morgan fingerprint density at radius 2 is 1.55 bits per heavy atom. The van der Waals surface area contributed by atoms with Gasteiger partial charge in [-0.2, -0.15) is 5.26 Å². The molecule has 0 unspecified atom stereocenters. The number of carbonyl (C=O) groups is 5. The monoisotopic (exact) mass is 887 g/mol. The fourth-order valence-electron chi connectivity index (χ4n) is 7.86. The Balaban J connectivity index is 1.55. The van der Waals surface area contributed by atoms with E-state index < -0.39 is 47.3 Å². The normalized spacial score (nSPS) is 17.0. The molecule has 1 aliphatic rings. The van der Waals surface area contributed by atoms with Crippen LogP contribution in [0.1, 0.15) is 98.7 Å². The van der Waals surface area contributed by atoms with E-state index in [1.165, 1.54) is 11.9 Å². The number of nitrogens with two attached hydrogens (primary N) is 3. The predicted molar refractivity (Wildman–Crippen MR) is 246 cm³/mol. The summed E-state index contributed by atoms with van der Waals surface area (Å²) < 4.78 is 12.2. The van der Waals surface area contributed by atoms with Crippen LogP contribution in [0.5, 0.6) is 11.5 Å². The highest BCUT2D eigenvalue weighted by molar-refractivity contribution is 5.99. The average Bonchev–Trinajstić information content (AvgIpc) is 3.28. The lowest BCUT2D eigenvalue weighted by Gasteiger charge is -2.32. The van der Waals surface area contributed by atoms with Gasteiger partial charge in [0.05, 0.1) is 17.8 Å². The minimum atomic E-state index is -1.25. The number of rotatable bonds is 17. The van der Waals surface area contributed by atoms with Crippen LogP contribution >= 0.6 is 0 Å². The van der Waals surface area contributed by atoms with Crippen LogP contribution in [-0.2, 0) is 31.0 Å². The summed E-state index contributed by atoms with van der Waals surface area (Å²) in [7, 11) is 1.48. The number of nitriles is 1.